The van der Waals surface area contributed by atoms with E-state index in [-0.39, 0.29) is 12.1 Å². The number of hydrogen-bond acceptors (Lipinski definition) is 3. The molecule has 0 aliphatic heterocycles. The first-order valence-electron chi connectivity index (χ1n) is 6.83. The summed E-state index contributed by atoms with van der Waals surface area (Å²) in [5, 5.41) is 10.0. The first kappa shape index (κ1) is 15.6. The maximum Gasteiger partial charge on any atom is 0.129 e. The molecule has 2 rings (SSSR count). The van der Waals surface area contributed by atoms with Gasteiger partial charge < -0.3 is 14.6 Å². The maximum absolute atomic E-state index is 13.6. The second-order valence-electron chi connectivity index (χ2n) is 5.10. The summed E-state index contributed by atoms with van der Waals surface area (Å²) in [4.78, 5) is 5.85. The van der Waals surface area contributed by atoms with E-state index in [1.54, 1.807) is 12.5 Å². The Bertz CT molecular complexity index is 560. The van der Waals surface area contributed by atoms with Crippen molar-refractivity contribution < 1.29 is 13.9 Å². The van der Waals surface area contributed by atoms with E-state index in [0.717, 1.165) is 37.7 Å². The molecule has 6 heteroatoms. The maximum atomic E-state index is 13.6. The Kier molecular flexibility index (Phi) is 5.41. The van der Waals surface area contributed by atoms with Gasteiger partial charge in [-0.1, -0.05) is 0 Å². The standard InChI is InChI=1S/C15H19F2N3O/c1-19(6-2-7-20-8-5-18-11-20)10-15(21)13-9-12(16)3-4-14(13)17/h3-5,8-9,11,15,21H,2,6-7,10H2,1H3. The molecule has 1 unspecified atom stereocenters. The van der Waals surface area contributed by atoms with Gasteiger partial charge in [-0.3, -0.25) is 0 Å². The molecular weight excluding hydrogens is 276 g/mol. The summed E-state index contributed by atoms with van der Waals surface area (Å²) < 4.78 is 28.6. The quantitative estimate of drug-likeness (QED) is 0.851. The fourth-order valence-electron chi connectivity index (χ4n) is 2.20. The molecule has 0 amide bonds. The van der Waals surface area contributed by atoms with Gasteiger partial charge in [0.25, 0.3) is 0 Å². The van der Waals surface area contributed by atoms with Crippen LogP contribution in [0.1, 0.15) is 18.1 Å². The number of aryl methyl sites for hydroxylation is 1. The Morgan fingerprint density at radius 2 is 2.19 bits per heavy atom. The van der Waals surface area contributed by atoms with E-state index < -0.39 is 17.7 Å². The molecule has 21 heavy (non-hydrogen) atoms. The summed E-state index contributed by atoms with van der Waals surface area (Å²) in [7, 11) is 1.84. The zero-order valence-corrected chi connectivity index (χ0v) is 11.9. The second-order valence-corrected chi connectivity index (χ2v) is 5.10. The molecular formula is C15H19F2N3O. The molecule has 0 saturated carbocycles. The third-order valence-corrected chi connectivity index (χ3v) is 3.32. The topological polar surface area (TPSA) is 41.3 Å². The lowest BCUT2D eigenvalue weighted by Gasteiger charge is -2.21. The van der Waals surface area contributed by atoms with Crippen LogP contribution in [0.15, 0.2) is 36.9 Å². The SMILES string of the molecule is CN(CCCn1ccnc1)CC(O)c1cc(F)ccc1F. The van der Waals surface area contributed by atoms with Crippen molar-refractivity contribution in [1.29, 1.82) is 0 Å². The van der Waals surface area contributed by atoms with Crippen LogP contribution in [-0.2, 0) is 6.54 Å². The monoisotopic (exact) mass is 295 g/mol. The zero-order valence-electron chi connectivity index (χ0n) is 11.9. The molecule has 1 heterocycles. The van der Waals surface area contributed by atoms with Crippen LogP contribution >= 0.6 is 0 Å². The molecule has 0 aliphatic rings. The number of halogens is 2. The van der Waals surface area contributed by atoms with Crippen LogP contribution in [0.5, 0.6) is 0 Å². The number of hydrogen-bond donors (Lipinski definition) is 1. The van der Waals surface area contributed by atoms with Gasteiger partial charge in [0.05, 0.1) is 12.4 Å². The van der Waals surface area contributed by atoms with Crippen molar-refractivity contribution in [2.45, 2.75) is 19.1 Å². The van der Waals surface area contributed by atoms with Crippen LogP contribution in [0, 0.1) is 11.6 Å². The van der Waals surface area contributed by atoms with Crippen molar-refractivity contribution >= 4 is 0 Å². The average molecular weight is 295 g/mol. The molecule has 0 aliphatic carbocycles. The number of imidazole rings is 1. The van der Waals surface area contributed by atoms with Crippen LogP contribution in [0.25, 0.3) is 0 Å². The number of rotatable bonds is 7. The summed E-state index contributed by atoms with van der Waals surface area (Å²) in [6.45, 7) is 1.82. The predicted molar refractivity (Wildman–Crippen MR) is 75.7 cm³/mol. The number of aliphatic hydroxyl groups excluding tert-OH is 1. The smallest absolute Gasteiger partial charge is 0.129 e. The highest BCUT2D eigenvalue weighted by atomic mass is 19.1. The van der Waals surface area contributed by atoms with Crippen molar-refractivity contribution in [2.75, 3.05) is 20.1 Å². The summed E-state index contributed by atoms with van der Waals surface area (Å²) in [5.41, 5.74) is -0.00328. The van der Waals surface area contributed by atoms with E-state index in [2.05, 4.69) is 4.98 Å². The van der Waals surface area contributed by atoms with Gasteiger partial charge in [-0.05, 0) is 38.2 Å². The van der Waals surface area contributed by atoms with Gasteiger partial charge in [-0.2, -0.15) is 0 Å². The first-order chi connectivity index (χ1) is 10.1. The highest BCUT2D eigenvalue weighted by Crippen LogP contribution is 2.19. The molecule has 0 radical (unpaired) electrons. The van der Waals surface area contributed by atoms with Crippen molar-refractivity contribution in [2.24, 2.45) is 0 Å². The Labute approximate surface area is 122 Å². The molecule has 0 fully saturated rings. The van der Waals surface area contributed by atoms with E-state index in [1.165, 1.54) is 0 Å². The van der Waals surface area contributed by atoms with Crippen molar-refractivity contribution in [3.63, 3.8) is 0 Å². The Balaban J connectivity index is 1.81. The summed E-state index contributed by atoms with van der Waals surface area (Å²) in [5.74, 6) is -1.14. The van der Waals surface area contributed by atoms with Crippen molar-refractivity contribution in [3.8, 4) is 0 Å². The fraction of sp³-hybridized carbons (Fsp3) is 0.400. The van der Waals surface area contributed by atoms with Crippen molar-refractivity contribution in [1.82, 2.24) is 14.5 Å². The molecule has 0 spiro atoms. The van der Waals surface area contributed by atoms with Gasteiger partial charge in [0.1, 0.15) is 11.6 Å². The summed E-state index contributed by atoms with van der Waals surface area (Å²) in [6.07, 6.45) is 5.19. The minimum Gasteiger partial charge on any atom is -0.387 e. The Morgan fingerprint density at radius 1 is 1.38 bits per heavy atom. The highest BCUT2D eigenvalue weighted by Gasteiger charge is 2.15. The van der Waals surface area contributed by atoms with E-state index in [1.807, 2.05) is 22.7 Å². The number of aromatic nitrogens is 2. The van der Waals surface area contributed by atoms with Gasteiger partial charge in [-0.25, -0.2) is 13.8 Å². The van der Waals surface area contributed by atoms with E-state index >= 15 is 0 Å². The largest absolute Gasteiger partial charge is 0.387 e. The minimum atomic E-state index is -1.04. The molecule has 1 atom stereocenters. The van der Waals surface area contributed by atoms with Crippen LogP contribution in [0.4, 0.5) is 8.78 Å². The predicted octanol–water partition coefficient (Wildman–Crippen LogP) is 2.22. The lowest BCUT2D eigenvalue weighted by molar-refractivity contribution is 0.122. The molecule has 1 aromatic carbocycles. The summed E-state index contributed by atoms with van der Waals surface area (Å²) in [6, 6.07) is 3.12. The fourth-order valence-corrected chi connectivity index (χ4v) is 2.20. The first-order valence-corrected chi connectivity index (χ1v) is 6.83. The number of nitrogens with zero attached hydrogens (tertiary/aromatic N) is 3. The molecule has 114 valence electrons. The van der Waals surface area contributed by atoms with Crippen LogP contribution in [0.2, 0.25) is 0 Å². The van der Waals surface area contributed by atoms with E-state index in [0.29, 0.717) is 0 Å². The minimum absolute atomic E-state index is 0.00328. The number of likely N-dealkylation sites (N-methyl/N-ethyl adjacent to an activating group) is 1. The molecule has 1 aromatic heterocycles. The average Bonchev–Trinajstić information content (AvgIpc) is 2.94. The molecule has 2 aromatic rings. The lowest BCUT2D eigenvalue weighted by atomic mass is 10.1. The van der Waals surface area contributed by atoms with Crippen LogP contribution in [0.3, 0.4) is 0 Å². The van der Waals surface area contributed by atoms with Gasteiger partial charge in [-0.15, -0.1) is 0 Å². The molecule has 1 N–H and O–H groups in total. The summed E-state index contributed by atoms with van der Waals surface area (Å²) >= 11 is 0. The van der Waals surface area contributed by atoms with Crippen LogP contribution in [-0.4, -0.2) is 39.7 Å². The van der Waals surface area contributed by atoms with E-state index in [9.17, 15) is 13.9 Å². The van der Waals surface area contributed by atoms with Crippen LogP contribution < -0.4 is 0 Å². The van der Waals surface area contributed by atoms with Gasteiger partial charge in [0.2, 0.25) is 0 Å². The second kappa shape index (κ2) is 7.28. The highest BCUT2D eigenvalue weighted by molar-refractivity contribution is 5.21. The zero-order chi connectivity index (χ0) is 15.2. The molecule has 4 nitrogen and oxygen atoms in total. The van der Waals surface area contributed by atoms with Gasteiger partial charge in [0, 0.05) is 31.0 Å². The number of benzene rings is 1. The number of aliphatic hydroxyl groups is 1. The normalized spacial score (nSPS) is 12.8. The molecule has 0 bridgehead atoms. The van der Waals surface area contributed by atoms with Crippen molar-refractivity contribution in [3.05, 3.63) is 54.1 Å². The van der Waals surface area contributed by atoms with Gasteiger partial charge >= 0.3 is 0 Å². The Hall–Kier alpha value is -1.79. The van der Waals surface area contributed by atoms with Gasteiger partial charge in [0.15, 0.2) is 0 Å². The third kappa shape index (κ3) is 4.61. The molecule has 0 saturated heterocycles. The Morgan fingerprint density at radius 3 is 2.90 bits per heavy atom. The lowest BCUT2D eigenvalue weighted by Crippen LogP contribution is -2.26. The van der Waals surface area contributed by atoms with E-state index in [4.69, 9.17) is 0 Å². The third-order valence-electron chi connectivity index (χ3n) is 3.32.